The molecule has 6 heteroatoms. The summed E-state index contributed by atoms with van der Waals surface area (Å²) in [6.45, 7) is 0.587. The minimum absolute atomic E-state index is 0.0994. The molecule has 4 N–H and O–H groups in total. The molecule has 2 unspecified atom stereocenters. The lowest BCUT2D eigenvalue weighted by atomic mass is 10.0. The summed E-state index contributed by atoms with van der Waals surface area (Å²) >= 11 is 0. The van der Waals surface area contributed by atoms with Crippen molar-refractivity contribution in [3.63, 3.8) is 0 Å². The third-order valence-corrected chi connectivity index (χ3v) is 3.48. The molecule has 1 fully saturated rings. The van der Waals surface area contributed by atoms with Crippen LogP contribution in [0.5, 0.6) is 5.75 Å². The molecule has 1 aliphatic rings. The summed E-state index contributed by atoms with van der Waals surface area (Å²) in [6, 6.07) is 4.33. The molecule has 0 spiro atoms. The minimum Gasteiger partial charge on any atom is -0.508 e. The SMILES string of the molecule is NCC1CCCC1Nc1ccc(O)cc1[N+](=O)[O-]. The van der Waals surface area contributed by atoms with Gasteiger partial charge in [0.2, 0.25) is 0 Å². The van der Waals surface area contributed by atoms with Crippen LogP contribution in [-0.4, -0.2) is 22.6 Å². The van der Waals surface area contributed by atoms with E-state index >= 15 is 0 Å². The van der Waals surface area contributed by atoms with Crippen molar-refractivity contribution in [1.29, 1.82) is 0 Å². The number of hydrogen-bond acceptors (Lipinski definition) is 5. The lowest BCUT2D eigenvalue weighted by Gasteiger charge is -2.20. The maximum absolute atomic E-state index is 10.9. The van der Waals surface area contributed by atoms with Crippen molar-refractivity contribution in [3.05, 3.63) is 28.3 Å². The molecule has 0 amide bonds. The molecule has 0 saturated heterocycles. The molecule has 18 heavy (non-hydrogen) atoms. The van der Waals surface area contributed by atoms with Crippen LogP contribution >= 0.6 is 0 Å². The standard InChI is InChI=1S/C12H17N3O3/c13-7-8-2-1-3-10(8)14-11-5-4-9(16)6-12(11)15(17)18/h4-6,8,10,14,16H,1-3,7,13H2. The number of nitrogens with two attached hydrogens (primary N) is 1. The zero-order chi connectivity index (χ0) is 13.1. The molecule has 0 aliphatic heterocycles. The highest BCUT2D eigenvalue weighted by Crippen LogP contribution is 2.33. The van der Waals surface area contributed by atoms with Crippen molar-refractivity contribution in [2.24, 2.45) is 11.7 Å². The second-order valence-electron chi connectivity index (χ2n) is 4.64. The first-order valence-electron chi connectivity index (χ1n) is 6.06. The summed E-state index contributed by atoms with van der Waals surface area (Å²) in [6.07, 6.45) is 3.12. The molecule has 1 aromatic rings. The summed E-state index contributed by atoms with van der Waals surface area (Å²) in [5, 5.41) is 23.4. The molecular weight excluding hydrogens is 234 g/mol. The van der Waals surface area contributed by atoms with Crippen LogP contribution in [0.25, 0.3) is 0 Å². The highest BCUT2D eigenvalue weighted by atomic mass is 16.6. The Hall–Kier alpha value is -1.82. The van der Waals surface area contributed by atoms with Gasteiger partial charge in [-0.1, -0.05) is 6.42 Å². The summed E-state index contributed by atoms with van der Waals surface area (Å²) < 4.78 is 0. The number of hydrogen-bond donors (Lipinski definition) is 3. The predicted molar refractivity (Wildman–Crippen MR) is 68.6 cm³/mol. The summed E-state index contributed by atoms with van der Waals surface area (Å²) in [7, 11) is 0. The highest BCUT2D eigenvalue weighted by molar-refractivity contribution is 5.64. The largest absolute Gasteiger partial charge is 0.508 e. The lowest BCUT2D eigenvalue weighted by Crippen LogP contribution is -2.29. The van der Waals surface area contributed by atoms with Gasteiger partial charge >= 0.3 is 0 Å². The summed E-state index contributed by atoms with van der Waals surface area (Å²) in [5.74, 6) is 0.257. The molecule has 0 aromatic heterocycles. The maximum Gasteiger partial charge on any atom is 0.296 e. The van der Waals surface area contributed by atoms with E-state index in [9.17, 15) is 15.2 Å². The van der Waals surface area contributed by atoms with E-state index in [1.807, 2.05) is 0 Å². The molecule has 1 aliphatic carbocycles. The smallest absolute Gasteiger partial charge is 0.296 e. The van der Waals surface area contributed by atoms with Crippen LogP contribution in [0.3, 0.4) is 0 Å². The number of aromatic hydroxyl groups is 1. The van der Waals surface area contributed by atoms with Gasteiger partial charge in [0.1, 0.15) is 11.4 Å². The number of phenolic OH excluding ortho intramolecular Hbond substituents is 1. The van der Waals surface area contributed by atoms with Gasteiger partial charge in [-0.25, -0.2) is 0 Å². The number of nitrogens with zero attached hydrogens (tertiary/aromatic N) is 1. The van der Waals surface area contributed by atoms with Crippen molar-refractivity contribution in [1.82, 2.24) is 0 Å². The van der Waals surface area contributed by atoms with E-state index in [1.54, 1.807) is 6.07 Å². The molecule has 98 valence electrons. The fourth-order valence-corrected chi connectivity index (χ4v) is 2.50. The molecule has 1 saturated carbocycles. The number of phenols is 1. The van der Waals surface area contributed by atoms with Crippen LogP contribution < -0.4 is 11.1 Å². The quantitative estimate of drug-likeness (QED) is 0.430. The van der Waals surface area contributed by atoms with Crippen molar-refractivity contribution >= 4 is 11.4 Å². The van der Waals surface area contributed by atoms with Gasteiger partial charge < -0.3 is 16.2 Å². The lowest BCUT2D eigenvalue weighted by molar-refractivity contribution is -0.384. The maximum atomic E-state index is 10.9. The van der Waals surface area contributed by atoms with Gasteiger partial charge in [-0.3, -0.25) is 10.1 Å². The Morgan fingerprint density at radius 3 is 2.94 bits per heavy atom. The number of nitrogens with one attached hydrogen (secondary N) is 1. The van der Waals surface area contributed by atoms with Crippen LogP contribution in [0, 0.1) is 16.0 Å². The van der Waals surface area contributed by atoms with Gasteiger partial charge in [-0.05, 0) is 37.4 Å². The molecule has 1 aromatic carbocycles. The van der Waals surface area contributed by atoms with Crippen LogP contribution in [0.1, 0.15) is 19.3 Å². The molecule has 2 atom stereocenters. The van der Waals surface area contributed by atoms with Crippen LogP contribution in [0.4, 0.5) is 11.4 Å². The number of nitro groups is 1. The zero-order valence-electron chi connectivity index (χ0n) is 10.0. The van der Waals surface area contributed by atoms with Crippen molar-refractivity contribution < 1.29 is 10.0 Å². The number of benzene rings is 1. The Morgan fingerprint density at radius 2 is 2.28 bits per heavy atom. The van der Waals surface area contributed by atoms with E-state index in [0.29, 0.717) is 18.2 Å². The van der Waals surface area contributed by atoms with Gasteiger partial charge in [0, 0.05) is 6.04 Å². The van der Waals surface area contributed by atoms with Crippen LogP contribution in [0.15, 0.2) is 18.2 Å². The number of anilines is 1. The number of nitro benzene ring substituents is 1. The Morgan fingerprint density at radius 1 is 1.50 bits per heavy atom. The third kappa shape index (κ3) is 2.53. The molecule has 6 nitrogen and oxygen atoms in total. The van der Waals surface area contributed by atoms with E-state index in [1.165, 1.54) is 6.07 Å². The van der Waals surface area contributed by atoms with Gasteiger partial charge in [0.25, 0.3) is 5.69 Å². The second-order valence-corrected chi connectivity index (χ2v) is 4.64. The Bertz CT molecular complexity index is 450. The summed E-state index contributed by atoms with van der Waals surface area (Å²) in [4.78, 5) is 10.4. The average Bonchev–Trinajstić information content (AvgIpc) is 2.78. The van der Waals surface area contributed by atoms with Crippen molar-refractivity contribution in [2.75, 3.05) is 11.9 Å². The van der Waals surface area contributed by atoms with Gasteiger partial charge in [0.05, 0.1) is 11.0 Å². The topological polar surface area (TPSA) is 101 Å². The van der Waals surface area contributed by atoms with E-state index < -0.39 is 4.92 Å². The fraction of sp³-hybridized carbons (Fsp3) is 0.500. The van der Waals surface area contributed by atoms with Gasteiger partial charge in [-0.2, -0.15) is 0 Å². The minimum atomic E-state index is -0.492. The first kappa shape index (κ1) is 12.6. The molecule has 2 rings (SSSR count). The van der Waals surface area contributed by atoms with Gasteiger partial charge in [0.15, 0.2) is 0 Å². The van der Waals surface area contributed by atoms with E-state index in [-0.39, 0.29) is 17.5 Å². The molecule has 0 bridgehead atoms. The molecule has 0 radical (unpaired) electrons. The Labute approximate surface area is 105 Å². The summed E-state index contributed by atoms with van der Waals surface area (Å²) in [5.41, 5.74) is 6.03. The average molecular weight is 251 g/mol. The van der Waals surface area contributed by atoms with E-state index in [4.69, 9.17) is 5.73 Å². The van der Waals surface area contributed by atoms with E-state index in [2.05, 4.69) is 5.32 Å². The third-order valence-electron chi connectivity index (χ3n) is 3.48. The molecular formula is C12H17N3O3. The van der Waals surface area contributed by atoms with Crippen LogP contribution in [0.2, 0.25) is 0 Å². The monoisotopic (exact) mass is 251 g/mol. The molecule has 0 heterocycles. The second kappa shape index (κ2) is 5.22. The van der Waals surface area contributed by atoms with Crippen molar-refractivity contribution in [2.45, 2.75) is 25.3 Å². The first-order valence-corrected chi connectivity index (χ1v) is 6.06. The predicted octanol–water partition coefficient (Wildman–Crippen LogP) is 1.84. The zero-order valence-corrected chi connectivity index (χ0v) is 10.0. The Balaban J connectivity index is 2.20. The Kier molecular flexibility index (Phi) is 3.66. The fourth-order valence-electron chi connectivity index (χ4n) is 2.50. The normalized spacial score (nSPS) is 22.9. The van der Waals surface area contributed by atoms with Crippen LogP contribution in [-0.2, 0) is 0 Å². The number of rotatable bonds is 4. The van der Waals surface area contributed by atoms with Crippen molar-refractivity contribution in [3.8, 4) is 5.75 Å². The first-order chi connectivity index (χ1) is 8.61. The highest BCUT2D eigenvalue weighted by Gasteiger charge is 2.27. The van der Waals surface area contributed by atoms with E-state index in [0.717, 1.165) is 25.3 Å². The van der Waals surface area contributed by atoms with Gasteiger partial charge in [-0.15, -0.1) is 0 Å².